The van der Waals surface area contributed by atoms with Crippen molar-refractivity contribution in [1.29, 1.82) is 0 Å². The van der Waals surface area contributed by atoms with Crippen LogP contribution in [0.3, 0.4) is 0 Å². The van der Waals surface area contributed by atoms with E-state index >= 15 is 0 Å². The molecule has 0 amide bonds. The van der Waals surface area contributed by atoms with Crippen LogP contribution in [-0.4, -0.2) is 32.4 Å². The van der Waals surface area contributed by atoms with Crippen LogP contribution < -0.4 is 10.1 Å². The average Bonchev–Trinajstić information content (AvgIpc) is 2.80. The van der Waals surface area contributed by atoms with E-state index in [-0.39, 0.29) is 5.60 Å². The Bertz CT molecular complexity index is 392. The molecule has 0 bridgehead atoms. The van der Waals surface area contributed by atoms with Gasteiger partial charge in [0.1, 0.15) is 18.0 Å². The highest BCUT2D eigenvalue weighted by molar-refractivity contribution is 6.34. The third-order valence-corrected chi connectivity index (χ3v) is 3.57. The summed E-state index contributed by atoms with van der Waals surface area (Å²) in [6.07, 6.45) is 0.932. The van der Waals surface area contributed by atoms with Crippen LogP contribution in [0.5, 0.6) is 5.75 Å². The van der Waals surface area contributed by atoms with Gasteiger partial charge in [-0.1, -0.05) is 23.2 Å². The van der Waals surface area contributed by atoms with Crippen LogP contribution in [0, 0.1) is 0 Å². The zero-order valence-corrected chi connectivity index (χ0v) is 11.1. The largest absolute Gasteiger partial charge is 0.489 e. The van der Waals surface area contributed by atoms with Crippen molar-refractivity contribution in [1.82, 2.24) is 5.32 Å². The van der Waals surface area contributed by atoms with Crippen LogP contribution in [0.1, 0.15) is 6.42 Å². The Morgan fingerprint density at radius 1 is 1.41 bits per heavy atom. The average molecular weight is 276 g/mol. The lowest BCUT2D eigenvalue weighted by Crippen LogP contribution is -2.40. The van der Waals surface area contributed by atoms with Gasteiger partial charge < -0.3 is 14.8 Å². The first-order valence-corrected chi connectivity index (χ1v) is 6.24. The van der Waals surface area contributed by atoms with E-state index < -0.39 is 0 Å². The molecule has 1 aromatic carbocycles. The number of hydrogen-bond donors (Lipinski definition) is 1. The summed E-state index contributed by atoms with van der Waals surface area (Å²) in [6, 6.07) is 5.18. The van der Waals surface area contributed by atoms with Crippen molar-refractivity contribution in [2.45, 2.75) is 12.0 Å². The number of rotatable bonds is 4. The Morgan fingerprint density at radius 2 is 2.24 bits per heavy atom. The van der Waals surface area contributed by atoms with E-state index in [1.807, 2.05) is 0 Å². The first-order chi connectivity index (χ1) is 8.15. The summed E-state index contributed by atoms with van der Waals surface area (Å²) in [5, 5.41) is 4.44. The molecule has 1 fully saturated rings. The molecule has 1 atom stereocenters. The van der Waals surface area contributed by atoms with Crippen LogP contribution in [0.4, 0.5) is 0 Å². The molecule has 1 aliphatic rings. The number of methoxy groups -OCH3 is 1. The fraction of sp³-hybridized carbons (Fsp3) is 0.500. The van der Waals surface area contributed by atoms with Gasteiger partial charge in [-0.2, -0.15) is 0 Å². The topological polar surface area (TPSA) is 30.5 Å². The molecule has 1 heterocycles. The highest BCUT2D eigenvalue weighted by Gasteiger charge is 2.34. The summed E-state index contributed by atoms with van der Waals surface area (Å²) in [4.78, 5) is 0. The van der Waals surface area contributed by atoms with E-state index in [2.05, 4.69) is 5.32 Å². The normalized spacial score (nSPS) is 23.9. The van der Waals surface area contributed by atoms with Crippen LogP contribution in [0.2, 0.25) is 10.0 Å². The summed E-state index contributed by atoms with van der Waals surface area (Å²) in [7, 11) is 1.70. The van der Waals surface area contributed by atoms with Gasteiger partial charge in [0.25, 0.3) is 0 Å². The number of hydrogen-bond acceptors (Lipinski definition) is 3. The second-order valence-corrected chi connectivity index (χ2v) is 5.02. The maximum absolute atomic E-state index is 6.03. The number of benzene rings is 1. The second kappa shape index (κ2) is 5.44. The minimum absolute atomic E-state index is 0.258. The summed E-state index contributed by atoms with van der Waals surface area (Å²) < 4.78 is 11.2. The molecule has 2 rings (SSSR count). The van der Waals surface area contributed by atoms with Gasteiger partial charge in [0, 0.05) is 24.7 Å². The zero-order valence-electron chi connectivity index (χ0n) is 9.63. The van der Waals surface area contributed by atoms with E-state index in [9.17, 15) is 0 Å². The Balaban J connectivity index is 2.03. The monoisotopic (exact) mass is 275 g/mol. The molecule has 0 saturated carbocycles. The molecule has 1 aliphatic heterocycles. The molecule has 0 spiro atoms. The first kappa shape index (κ1) is 13.0. The van der Waals surface area contributed by atoms with Crippen molar-refractivity contribution in [3.05, 3.63) is 28.2 Å². The maximum atomic E-state index is 6.03. The first-order valence-electron chi connectivity index (χ1n) is 5.49. The van der Waals surface area contributed by atoms with E-state index in [4.69, 9.17) is 32.7 Å². The molecule has 1 aromatic rings. The van der Waals surface area contributed by atoms with Crippen molar-refractivity contribution in [2.24, 2.45) is 0 Å². The molecule has 0 aliphatic carbocycles. The predicted molar refractivity (Wildman–Crippen MR) is 69.2 cm³/mol. The fourth-order valence-corrected chi connectivity index (χ4v) is 2.21. The summed E-state index contributed by atoms with van der Waals surface area (Å²) in [6.45, 7) is 2.21. The molecule has 3 nitrogen and oxygen atoms in total. The van der Waals surface area contributed by atoms with E-state index in [0.717, 1.165) is 19.5 Å². The lowest BCUT2D eigenvalue weighted by molar-refractivity contribution is -0.0281. The van der Waals surface area contributed by atoms with Crippen molar-refractivity contribution in [3.8, 4) is 5.75 Å². The minimum Gasteiger partial charge on any atom is -0.489 e. The van der Waals surface area contributed by atoms with Crippen molar-refractivity contribution >= 4 is 23.2 Å². The van der Waals surface area contributed by atoms with Gasteiger partial charge in [-0.3, -0.25) is 0 Å². The van der Waals surface area contributed by atoms with Crippen LogP contribution in [-0.2, 0) is 4.74 Å². The van der Waals surface area contributed by atoms with Crippen molar-refractivity contribution in [2.75, 3.05) is 26.8 Å². The number of halogens is 2. The van der Waals surface area contributed by atoms with Crippen molar-refractivity contribution < 1.29 is 9.47 Å². The summed E-state index contributed by atoms with van der Waals surface area (Å²) in [5.41, 5.74) is -0.258. The van der Waals surface area contributed by atoms with E-state index in [1.165, 1.54) is 0 Å². The van der Waals surface area contributed by atoms with Gasteiger partial charge in [0.15, 0.2) is 0 Å². The van der Waals surface area contributed by atoms with Gasteiger partial charge in [-0.05, 0) is 25.1 Å². The Labute approximate surface area is 111 Å². The molecule has 1 unspecified atom stereocenters. The van der Waals surface area contributed by atoms with E-state index in [1.54, 1.807) is 25.3 Å². The van der Waals surface area contributed by atoms with Gasteiger partial charge in [-0.25, -0.2) is 0 Å². The molecule has 17 heavy (non-hydrogen) atoms. The van der Waals surface area contributed by atoms with Crippen LogP contribution in [0.15, 0.2) is 18.2 Å². The molecular weight excluding hydrogens is 261 g/mol. The molecule has 0 radical (unpaired) electrons. The van der Waals surface area contributed by atoms with Gasteiger partial charge in [-0.15, -0.1) is 0 Å². The minimum atomic E-state index is -0.258. The Hall–Kier alpha value is -0.480. The second-order valence-electron chi connectivity index (χ2n) is 4.18. The molecule has 0 aromatic heterocycles. The fourth-order valence-electron chi connectivity index (χ4n) is 1.87. The number of nitrogens with one attached hydrogen (secondary N) is 1. The Morgan fingerprint density at radius 3 is 2.88 bits per heavy atom. The van der Waals surface area contributed by atoms with Gasteiger partial charge in [0.05, 0.1) is 5.02 Å². The van der Waals surface area contributed by atoms with Gasteiger partial charge >= 0.3 is 0 Å². The highest BCUT2D eigenvalue weighted by Crippen LogP contribution is 2.29. The van der Waals surface area contributed by atoms with Crippen LogP contribution >= 0.6 is 23.2 Å². The molecule has 5 heteroatoms. The summed E-state index contributed by atoms with van der Waals surface area (Å²) >= 11 is 11.9. The lowest BCUT2D eigenvalue weighted by atomic mass is 10.1. The third kappa shape index (κ3) is 3.05. The maximum Gasteiger partial charge on any atom is 0.139 e. The highest BCUT2D eigenvalue weighted by atomic mass is 35.5. The molecular formula is C12H15Cl2NO2. The van der Waals surface area contributed by atoms with Crippen LogP contribution in [0.25, 0.3) is 0 Å². The molecule has 94 valence electrons. The quantitative estimate of drug-likeness (QED) is 0.917. The number of ether oxygens (including phenoxy) is 2. The summed E-state index contributed by atoms with van der Waals surface area (Å²) in [5.74, 6) is 0.600. The zero-order chi connectivity index (χ0) is 12.3. The van der Waals surface area contributed by atoms with Crippen molar-refractivity contribution in [3.63, 3.8) is 0 Å². The molecule has 1 saturated heterocycles. The van der Waals surface area contributed by atoms with E-state index in [0.29, 0.717) is 22.4 Å². The predicted octanol–water partition coefficient (Wildman–Crippen LogP) is 2.75. The SMILES string of the molecule is COC1(COc2cc(Cl)ccc2Cl)CCNC1. The molecule has 1 N–H and O–H groups in total. The third-order valence-electron chi connectivity index (χ3n) is 3.02. The smallest absolute Gasteiger partial charge is 0.139 e. The Kier molecular flexibility index (Phi) is 4.15. The van der Waals surface area contributed by atoms with Gasteiger partial charge in [0.2, 0.25) is 0 Å². The standard InChI is InChI=1S/C12H15Cl2NO2/c1-16-12(4-5-15-7-12)8-17-11-6-9(13)2-3-10(11)14/h2-3,6,15H,4-5,7-8H2,1H3. The lowest BCUT2D eigenvalue weighted by Gasteiger charge is -2.26.